The molecule has 0 aromatic heterocycles. The highest BCUT2D eigenvalue weighted by molar-refractivity contribution is 7.89. The molecule has 1 N–H and O–H groups in total. The summed E-state index contributed by atoms with van der Waals surface area (Å²) in [4.78, 5) is 0.0541. The van der Waals surface area contributed by atoms with Crippen molar-refractivity contribution in [1.29, 1.82) is 0 Å². The molecular weight excluding hydrogens is 293 g/mol. The van der Waals surface area contributed by atoms with Crippen LogP contribution in [0, 0.1) is 5.82 Å². The molecule has 0 aliphatic rings. The maximum atomic E-state index is 12.9. The fourth-order valence-electron chi connectivity index (χ4n) is 1.88. The Hall–Kier alpha value is -1.76. The molecule has 112 valence electrons. The topological polar surface area (TPSA) is 57.6 Å². The molecule has 2 rings (SSSR count). The second-order valence-corrected chi connectivity index (χ2v) is 6.73. The molecule has 0 amide bonds. The van der Waals surface area contributed by atoms with Crippen LogP contribution in [0.2, 0.25) is 0 Å². The van der Waals surface area contributed by atoms with Crippen LogP contribution < -0.4 is 0 Å². The van der Waals surface area contributed by atoms with Crippen molar-refractivity contribution in [2.45, 2.75) is 18.0 Å². The summed E-state index contributed by atoms with van der Waals surface area (Å²) in [6.07, 6.45) is 0. The summed E-state index contributed by atoms with van der Waals surface area (Å²) in [6, 6.07) is 11.8. The highest BCUT2D eigenvalue weighted by atomic mass is 32.2. The quantitative estimate of drug-likeness (QED) is 0.920. The van der Waals surface area contributed by atoms with Gasteiger partial charge in [-0.1, -0.05) is 24.3 Å². The molecule has 0 atom stereocenters. The number of rotatable bonds is 5. The van der Waals surface area contributed by atoms with E-state index in [2.05, 4.69) is 0 Å². The molecule has 4 nitrogen and oxygen atoms in total. The van der Waals surface area contributed by atoms with Gasteiger partial charge in [0, 0.05) is 13.6 Å². The van der Waals surface area contributed by atoms with E-state index < -0.39 is 15.8 Å². The van der Waals surface area contributed by atoms with E-state index >= 15 is 0 Å². The second-order valence-electron chi connectivity index (χ2n) is 4.69. The number of benzene rings is 2. The number of hydrogen-bond donors (Lipinski definition) is 1. The Morgan fingerprint density at radius 3 is 2.05 bits per heavy atom. The first kappa shape index (κ1) is 15.6. The van der Waals surface area contributed by atoms with Crippen molar-refractivity contribution < 1.29 is 17.9 Å². The fourth-order valence-corrected chi connectivity index (χ4v) is 3.04. The van der Waals surface area contributed by atoms with Crippen molar-refractivity contribution in [3.05, 3.63) is 65.5 Å². The summed E-state index contributed by atoms with van der Waals surface area (Å²) >= 11 is 0. The Labute approximate surface area is 123 Å². The minimum Gasteiger partial charge on any atom is -0.392 e. The summed E-state index contributed by atoms with van der Waals surface area (Å²) in [6.45, 7) is 0.148. The van der Waals surface area contributed by atoms with E-state index in [1.165, 1.54) is 23.5 Å². The Bertz CT molecular complexity index is 697. The van der Waals surface area contributed by atoms with E-state index in [4.69, 9.17) is 5.11 Å². The number of halogens is 1. The molecule has 6 heteroatoms. The van der Waals surface area contributed by atoms with E-state index in [-0.39, 0.29) is 18.0 Å². The van der Waals surface area contributed by atoms with Crippen molar-refractivity contribution in [1.82, 2.24) is 4.31 Å². The maximum absolute atomic E-state index is 12.9. The summed E-state index contributed by atoms with van der Waals surface area (Å²) in [5, 5.41) is 8.97. The molecule has 0 fully saturated rings. The lowest BCUT2D eigenvalue weighted by atomic mass is 10.1. The predicted molar refractivity (Wildman–Crippen MR) is 77.4 cm³/mol. The zero-order chi connectivity index (χ0) is 15.5. The second kappa shape index (κ2) is 6.34. The third kappa shape index (κ3) is 3.66. The monoisotopic (exact) mass is 309 g/mol. The zero-order valence-electron chi connectivity index (χ0n) is 11.5. The Kier molecular flexibility index (Phi) is 4.72. The third-order valence-corrected chi connectivity index (χ3v) is 4.95. The highest BCUT2D eigenvalue weighted by Gasteiger charge is 2.20. The first-order valence-corrected chi connectivity index (χ1v) is 7.78. The van der Waals surface area contributed by atoms with Crippen LogP contribution in [0.1, 0.15) is 11.1 Å². The van der Waals surface area contributed by atoms with E-state index in [1.807, 2.05) is 0 Å². The van der Waals surface area contributed by atoms with Gasteiger partial charge in [0.25, 0.3) is 0 Å². The molecule has 0 unspecified atom stereocenters. The van der Waals surface area contributed by atoms with E-state index in [9.17, 15) is 12.8 Å². The van der Waals surface area contributed by atoms with Crippen molar-refractivity contribution >= 4 is 10.0 Å². The van der Waals surface area contributed by atoms with Gasteiger partial charge < -0.3 is 5.11 Å². The Balaban J connectivity index is 2.17. The van der Waals surface area contributed by atoms with Crippen molar-refractivity contribution in [3.8, 4) is 0 Å². The van der Waals surface area contributed by atoms with Crippen molar-refractivity contribution in [2.75, 3.05) is 7.05 Å². The predicted octanol–water partition coefficient (Wildman–Crippen LogP) is 2.14. The first-order chi connectivity index (χ1) is 9.93. The summed E-state index contributed by atoms with van der Waals surface area (Å²) in [7, 11) is -2.18. The Morgan fingerprint density at radius 2 is 1.52 bits per heavy atom. The van der Waals surface area contributed by atoms with Crippen LogP contribution in [0.15, 0.2) is 53.4 Å². The lowest BCUT2D eigenvalue weighted by molar-refractivity contribution is 0.282. The average molecular weight is 309 g/mol. The molecular formula is C15H16FNO3S. The van der Waals surface area contributed by atoms with Crippen LogP contribution >= 0.6 is 0 Å². The van der Waals surface area contributed by atoms with Gasteiger partial charge in [-0.3, -0.25) is 0 Å². The molecule has 0 aliphatic carbocycles. The van der Waals surface area contributed by atoms with Crippen LogP contribution in [0.3, 0.4) is 0 Å². The molecule has 21 heavy (non-hydrogen) atoms. The summed E-state index contributed by atoms with van der Waals surface area (Å²) in [5.41, 5.74) is 1.57. The van der Waals surface area contributed by atoms with Gasteiger partial charge in [0.05, 0.1) is 11.5 Å². The highest BCUT2D eigenvalue weighted by Crippen LogP contribution is 2.17. The minimum absolute atomic E-state index is 0.0516. The van der Waals surface area contributed by atoms with Crippen LogP contribution in [0.25, 0.3) is 0 Å². The van der Waals surface area contributed by atoms with Crippen molar-refractivity contribution in [2.24, 2.45) is 0 Å². The average Bonchev–Trinajstić information content (AvgIpc) is 2.48. The van der Waals surface area contributed by atoms with Gasteiger partial charge in [0.15, 0.2) is 0 Å². The zero-order valence-corrected chi connectivity index (χ0v) is 12.3. The summed E-state index contributed by atoms with van der Waals surface area (Å²) < 4.78 is 38.7. The lowest BCUT2D eigenvalue weighted by Crippen LogP contribution is -2.26. The van der Waals surface area contributed by atoms with Gasteiger partial charge >= 0.3 is 0 Å². The fraction of sp³-hybridized carbons (Fsp3) is 0.200. The minimum atomic E-state index is -3.65. The first-order valence-electron chi connectivity index (χ1n) is 6.34. The Morgan fingerprint density at radius 1 is 1.00 bits per heavy atom. The van der Waals surface area contributed by atoms with Crippen LogP contribution in [0.4, 0.5) is 4.39 Å². The molecule has 0 heterocycles. The standard InChI is InChI=1S/C15H16FNO3S/c1-17(10-12-2-4-13(11-18)5-3-12)21(19,20)15-8-6-14(16)7-9-15/h2-9,18H,10-11H2,1H3. The van der Waals surface area contributed by atoms with Gasteiger partial charge in [0.2, 0.25) is 10.0 Å². The van der Waals surface area contributed by atoms with Gasteiger partial charge in [-0.2, -0.15) is 4.31 Å². The van der Waals surface area contributed by atoms with E-state index in [0.717, 1.165) is 23.3 Å². The summed E-state index contributed by atoms with van der Waals surface area (Å²) in [5.74, 6) is -0.476. The number of aliphatic hydroxyl groups excluding tert-OH is 1. The molecule has 0 saturated heterocycles. The van der Waals surface area contributed by atoms with Gasteiger partial charge in [-0.25, -0.2) is 12.8 Å². The maximum Gasteiger partial charge on any atom is 0.243 e. The largest absolute Gasteiger partial charge is 0.392 e. The SMILES string of the molecule is CN(Cc1ccc(CO)cc1)S(=O)(=O)c1ccc(F)cc1. The lowest BCUT2D eigenvalue weighted by Gasteiger charge is -2.17. The molecule has 0 bridgehead atoms. The molecule has 0 aliphatic heterocycles. The van der Waals surface area contributed by atoms with E-state index in [0.29, 0.717) is 0 Å². The molecule has 0 spiro atoms. The van der Waals surface area contributed by atoms with Gasteiger partial charge in [-0.15, -0.1) is 0 Å². The van der Waals surface area contributed by atoms with E-state index in [1.54, 1.807) is 24.3 Å². The van der Waals surface area contributed by atoms with Gasteiger partial charge in [0.1, 0.15) is 5.82 Å². The number of sulfonamides is 1. The molecule has 2 aromatic rings. The normalized spacial score (nSPS) is 11.8. The van der Waals surface area contributed by atoms with Crippen molar-refractivity contribution in [3.63, 3.8) is 0 Å². The van der Waals surface area contributed by atoms with Crippen LogP contribution in [-0.4, -0.2) is 24.9 Å². The molecule has 0 saturated carbocycles. The smallest absolute Gasteiger partial charge is 0.243 e. The number of nitrogens with zero attached hydrogens (tertiary/aromatic N) is 1. The third-order valence-electron chi connectivity index (χ3n) is 3.13. The number of aliphatic hydroxyl groups is 1. The molecule has 2 aromatic carbocycles. The van der Waals surface area contributed by atoms with Crippen LogP contribution in [0.5, 0.6) is 0 Å². The van der Waals surface area contributed by atoms with Crippen LogP contribution in [-0.2, 0) is 23.2 Å². The number of hydrogen-bond acceptors (Lipinski definition) is 3. The van der Waals surface area contributed by atoms with Gasteiger partial charge in [-0.05, 0) is 35.4 Å². The molecule has 0 radical (unpaired) electrons.